The first-order chi connectivity index (χ1) is 5.38. The summed E-state index contributed by atoms with van der Waals surface area (Å²) in [6.07, 6.45) is 4.84. The van der Waals surface area contributed by atoms with Crippen LogP contribution in [0.2, 0.25) is 0 Å². The molecular formula is C9H15N2+. The monoisotopic (exact) mass is 151 g/mol. The summed E-state index contributed by atoms with van der Waals surface area (Å²) in [4.78, 5) is 0. The van der Waals surface area contributed by atoms with Crippen molar-refractivity contribution in [2.75, 3.05) is 6.54 Å². The van der Waals surface area contributed by atoms with Gasteiger partial charge in [-0.15, -0.1) is 0 Å². The third-order valence-electron chi connectivity index (χ3n) is 2.53. The highest BCUT2D eigenvalue weighted by atomic mass is 15.0. The molecule has 2 rings (SSSR count). The van der Waals surface area contributed by atoms with Gasteiger partial charge >= 0.3 is 0 Å². The molecular weight excluding hydrogens is 136 g/mol. The lowest BCUT2D eigenvalue weighted by Gasteiger charge is -2.07. The molecule has 1 aromatic heterocycles. The average Bonchev–Trinajstić information content (AvgIpc) is 2.55. The molecule has 1 aromatic rings. The van der Waals surface area contributed by atoms with Gasteiger partial charge < -0.3 is 9.88 Å². The van der Waals surface area contributed by atoms with Crippen molar-refractivity contribution in [1.29, 1.82) is 0 Å². The molecule has 0 spiro atoms. The topological polar surface area (TPSA) is 21.5 Å². The van der Waals surface area contributed by atoms with Gasteiger partial charge in [0, 0.05) is 26.1 Å². The number of quaternary nitrogens is 1. The summed E-state index contributed by atoms with van der Waals surface area (Å²) in [5.41, 5.74) is 1.47. The number of nitrogens with two attached hydrogens (primary N) is 1. The zero-order chi connectivity index (χ0) is 7.68. The molecule has 1 atom stereocenters. The molecule has 0 saturated carbocycles. The van der Waals surface area contributed by atoms with Crippen LogP contribution in [0.15, 0.2) is 18.3 Å². The van der Waals surface area contributed by atoms with E-state index in [0.29, 0.717) is 0 Å². The SMILES string of the molecule is Cn1cccc1[C@H]1CCC[NH2+]1. The Morgan fingerprint density at radius 3 is 3.09 bits per heavy atom. The van der Waals surface area contributed by atoms with E-state index in [2.05, 4.69) is 35.3 Å². The average molecular weight is 151 g/mol. The predicted molar refractivity (Wildman–Crippen MR) is 44.2 cm³/mol. The second-order valence-corrected chi connectivity index (χ2v) is 3.32. The molecule has 11 heavy (non-hydrogen) atoms. The molecule has 0 aliphatic carbocycles. The van der Waals surface area contributed by atoms with Crippen LogP contribution in [0.25, 0.3) is 0 Å². The fraction of sp³-hybridized carbons (Fsp3) is 0.556. The number of aryl methyl sites for hydroxylation is 1. The molecule has 60 valence electrons. The molecule has 0 amide bonds. The lowest BCUT2D eigenvalue weighted by atomic mass is 10.2. The number of hydrogen-bond donors (Lipinski definition) is 1. The molecule has 2 nitrogen and oxygen atoms in total. The highest BCUT2D eigenvalue weighted by Gasteiger charge is 2.21. The van der Waals surface area contributed by atoms with Gasteiger partial charge in [-0.25, -0.2) is 0 Å². The second kappa shape index (κ2) is 2.70. The fourth-order valence-corrected chi connectivity index (χ4v) is 1.90. The number of nitrogens with zero attached hydrogens (tertiary/aromatic N) is 1. The van der Waals surface area contributed by atoms with E-state index < -0.39 is 0 Å². The Hall–Kier alpha value is -0.760. The van der Waals surface area contributed by atoms with Gasteiger partial charge in [0.25, 0.3) is 0 Å². The van der Waals surface area contributed by atoms with Crippen molar-refractivity contribution in [3.8, 4) is 0 Å². The van der Waals surface area contributed by atoms with E-state index in [1.807, 2.05) is 0 Å². The first-order valence-corrected chi connectivity index (χ1v) is 4.32. The summed E-state index contributed by atoms with van der Waals surface area (Å²) in [6, 6.07) is 5.09. The Balaban J connectivity index is 2.21. The summed E-state index contributed by atoms with van der Waals surface area (Å²) < 4.78 is 2.23. The van der Waals surface area contributed by atoms with Gasteiger partial charge in [-0.3, -0.25) is 0 Å². The van der Waals surface area contributed by atoms with Crippen molar-refractivity contribution < 1.29 is 5.32 Å². The molecule has 2 N–H and O–H groups in total. The Labute approximate surface area is 67.2 Å². The largest absolute Gasteiger partial charge is 0.350 e. The minimum absolute atomic E-state index is 0.731. The fourth-order valence-electron chi connectivity index (χ4n) is 1.90. The van der Waals surface area contributed by atoms with E-state index in [4.69, 9.17) is 0 Å². The predicted octanol–water partition coefficient (Wildman–Crippen LogP) is 0.423. The van der Waals surface area contributed by atoms with Gasteiger partial charge in [0.05, 0.1) is 12.2 Å². The second-order valence-electron chi connectivity index (χ2n) is 3.32. The van der Waals surface area contributed by atoms with E-state index in [0.717, 1.165) is 6.04 Å². The van der Waals surface area contributed by atoms with Crippen molar-refractivity contribution in [2.24, 2.45) is 7.05 Å². The van der Waals surface area contributed by atoms with Crippen LogP contribution in [0.4, 0.5) is 0 Å². The molecule has 0 bridgehead atoms. The maximum absolute atomic E-state index is 2.44. The Morgan fingerprint density at radius 1 is 1.64 bits per heavy atom. The van der Waals surface area contributed by atoms with Crippen molar-refractivity contribution in [3.63, 3.8) is 0 Å². The molecule has 0 unspecified atom stereocenters. The highest BCUT2D eigenvalue weighted by molar-refractivity contribution is 5.09. The van der Waals surface area contributed by atoms with Crippen LogP contribution in [0.1, 0.15) is 24.6 Å². The molecule has 1 aliphatic rings. The van der Waals surface area contributed by atoms with Crippen molar-refractivity contribution in [3.05, 3.63) is 24.0 Å². The summed E-state index contributed by atoms with van der Waals surface area (Å²) in [7, 11) is 2.13. The van der Waals surface area contributed by atoms with Crippen molar-refractivity contribution in [1.82, 2.24) is 4.57 Å². The van der Waals surface area contributed by atoms with Gasteiger partial charge in [-0.1, -0.05) is 0 Å². The normalized spacial score (nSPS) is 24.3. The standard InChI is InChI=1S/C9H14N2/c1-11-7-3-5-9(11)8-4-2-6-10-8/h3,5,7-8,10H,2,4,6H2,1H3/p+1/t8-/m1/s1. The van der Waals surface area contributed by atoms with Gasteiger partial charge in [0.1, 0.15) is 6.04 Å². The quantitative estimate of drug-likeness (QED) is 0.601. The van der Waals surface area contributed by atoms with Crippen LogP contribution in [0.5, 0.6) is 0 Å². The van der Waals surface area contributed by atoms with Gasteiger partial charge in [0.2, 0.25) is 0 Å². The van der Waals surface area contributed by atoms with Crippen LogP contribution in [0.3, 0.4) is 0 Å². The maximum atomic E-state index is 2.44. The van der Waals surface area contributed by atoms with E-state index in [1.165, 1.54) is 25.1 Å². The molecule has 1 fully saturated rings. The van der Waals surface area contributed by atoms with Crippen molar-refractivity contribution in [2.45, 2.75) is 18.9 Å². The Morgan fingerprint density at radius 2 is 2.55 bits per heavy atom. The van der Waals surface area contributed by atoms with E-state index in [1.54, 1.807) is 0 Å². The molecule has 1 aliphatic heterocycles. The number of aromatic nitrogens is 1. The van der Waals surface area contributed by atoms with Crippen LogP contribution in [-0.4, -0.2) is 11.1 Å². The van der Waals surface area contributed by atoms with Crippen molar-refractivity contribution >= 4 is 0 Å². The molecule has 0 radical (unpaired) electrons. The van der Waals surface area contributed by atoms with Gasteiger partial charge in [-0.05, 0) is 12.1 Å². The van der Waals surface area contributed by atoms with E-state index in [-0.39, 0.29) is 0 Å². The van der Waals surface area contributed by atoms with E-state index in [9.17, 15) is 0 Å². The first kappa shape index (κ1) is 6.92. The molecule has 0 aromatic carbocycles. The third kappa shape index (κ3) is 1.18. The third-order valence-corrected chi connectivity index (χ3v) is 2.53. The van der Waals surface area contributed by atoms with Crippen LogP contribution < -0.4 is 5.32 Å². The molecule has 2 heterocycles. The van der Waals surface area contributed by atoms with Crippen LogP contribution >= 0.6 is 0 Å². The first-order valence-electron chi connectivity index (χ1n) is 4.32. The zero-order valence-electron chi connectivity index (χ0n) is 6.96. The van der Waals surface area contributed by atoms with E-state index >= 15 is 0 Å². The highest BCUT2D eigenvalue weighted by Crippen LogP contribution is 2.16. The Bertz CT molecular complexity index is 233. The van der Waals surface area contributed by atoms with Crippen LogP contribution in [-0.2, 0) is 7.05 Å². The molecule has 2 heteroatoms. The maximum Gasteiger partial charge on any atom is 0.127 e. The summed E-state index contributed by atoms with van der Waals surface area (Å²) in [5, 5.41) is 2.44. The smallest absolute Gasteiger partial charge is 0.127 e. The van der Waals surface area contributed by atoms with Gasteiger partial charge in [0.15, 0.2) is 0 Å². The minimum Gasteiger partial charge on any atom is -0.350 e. The summed E-state index contributed by atoms with van der Waals surface area (Å²) in [5.74, 6) is 0. The zero-order valence-corrected chi connectivity index (χ0v) is 6.96. The van der Waals surface area contributed by atoms with Gasteiger partial charge in [-0.2, -0.15) is 0 Å². The van der Waals surface area contributed by atoms with Crippen LogP contribution in [0, 0.1) is 0 Å². The minimum atomic E-state index is 0.731. The lowest BCUT2D eigenvalue weighted by Crippen LogP contribution is -2.82. The summed E-state index contributed by atoms with van der Waals surface area (Å²) >= 11 is 0. The number of rotatable bonds is 1. The summed E-state index contributed by atoms with van der Waals surface area (Å²) in [6.45, 7) is 1.30. The molecule has 1 saturated heterocycles. The Kier molecular flexibility index (Phi) is 1.70. The lowest BCUT2D eigenvalue weighted by molar-refractivity contribution is -0.677. The number of hydrogen-bond acceptors (Lipinski definition) is 0.